The molecule has 1 fully saturated rings. The lowest BCUT2D eigenvalue weighted by Crippen LogP contribution is -2.47. The molecule has 0 amide bonds. The fourth-order valence-corrected chi connectivity index (χ4v) is 3.68. The molecule has 1 N–H and O–H groups in total. The summed E-state index contributed by atoms with van der Waals surface area (Å²) in [6.45, 7) is 5.74. The van der Waals surface area contributed by atoms with Crippen LogP contribution in [0.4, 0.5) is 11.5 Å². The Labute approximate surface area is 148 Å². The van der Waals surface area contributed by atoms with Crippen LogP contribution in [0.3, 0.4) is 0 Å². The number of benzene rings is 1. The Morgan fingerprint density at radius 2 is 1.80 bits per heavy atom. The van der Waals surface area contributed by atoms with Crippen molar-refractivity contribution < 1.29 is 0 Å². The Morgan fingerprint density at radius 3 is 2.64 bits per heavy atom. The second-order valence-electron chi connectivity index (χ2n) is 6.51. The average Bonchev–Trinajstić information content (AvgIpc) is 2.93. The number of hydrogen-bond donors (Lipinski definition) is 1. The SMILES string of the molecule is N#Cc1cccc(N2CCN(c3ncnc4c3CCNCC4)CC2)c1. The van der Waals surface area contributed by atoms with Crippen molar-refractivity contribution in [3.8, 4) is 6.07 Å². The monoisotopic (exact) mass is 334 g/mol. The van der Waals surface area contributed by atoms with E-state index in [4.69, 9.17) is 5.26 Å². The topological polar surface area (TPSA) is 68.1 Å². The van der Waals surface area contributed by atoms with Crippen LogP contribution in [0.5, 0.6) is 0 Å². The van der Waals surface area contributed by atoms with Crippen molar-refractivity contribution in [2.75, 3.05) is 49.1 Å². The maximum atomic E-state index is 9.09. The number of nitrogens with zero attached hydrogens (tertiary/aromatic N) is 5. The zero-order chi connectivity index (χ0) is 17.1. The van der Waals surface area contributed by atoms with Crippen LogP contribution < -0.4 is 15.1 Å². The third kappa shape index (κ3) is 3.28. The third-order valence-electron chi connectivity index (χ3n) is 5.02. The first kappa shape index (κ1) is 15.9. The molecule has 1 aromatic heterocycles. The second-order valence-corrected chi connectivity index (χ2v) is 6.51. The van der Waals surface area contributed by atoms with E-state index in [9.17, 15) is 0 Å². The van der Waals surface area contributed by atoms with Crippen molar-refractivity contribution in [2.45, 2.75) is 12.8 Å². The van der Waals surface area contributed by atoms with Gasteiger partial charge in [-0.05, 0) is 31.2 Å². The van der Waals surface area contributed by atoms with E-state index >= 15 is 0 Å². The lowest BCUT2D eigenvalue weighted by atomic mass is 10.1. The van der Waals surface area contributed by atoms with E-state index in [1.807, 2.05) is 18.2 Å². The summed E-state index contributed by atoms with van der Waals surface area (Å²) in [5.41, 5.74) is 4.35. The van der Waals surface area contributed by atoms with Gasteiger partial charge in [-0.3, -0.25) is 0 Å². The van der Waals surface area contributed by atoms with E-state index in [-0.39, 0.29) is 0 Å². The van der Waals surface area contributed by atoms with Crippen LogP contribution in [-0.4, -0.2) is 49.2 Å². The lowest BCUT2D eigenvalue weighted by molar-refractivity contribution is 0.642. The van der Waals surface area contributed by atoms with Crippen molar-refractivity contribution >= 4 is 11.5 Å². The molecule has 6 heteroatoms. The number of rotatable bonds is 2. The predicted octanol–water partition coefficient (Wildman–Crippen LogP) is 1.36. The average molecular weight is 334 g/mol. The Balaban J connectivity index is 1.50. The molecule has 0 unspecified atom stereocenters. The molecule has 25 heavy (non-hydrogen) atoms. The Hall–Kier alpha value is -2.65. The summed E-state index contributed by atoms with van der Waals surface area (Å²) >= 11 is 0. The number of piperazine rings is 1. The van der Waals surface area contributed by atoms with Gasteiger partial charge in [0.25, 0.3) is 0 Å². The fourth-order valence-electron chi connectivity index (χ4n) is 3.68. The highest BCUT2D eigenvalue weighted by Gasteiger charge is 2.23. The summed E-state index contributed by atoms with van der Waals surface area (Å²) < 4.78 is 0. The quantitative estimate of drug-likeness (QED) is 0.894. The molecule has 2 aromatic rings. The first-order valence-corrected chi connectivity index (χ1v) is 8.88. The van der Waals surface area contributed by atoms with Gasteiger partial charge in [0, 0.05) is 50.4 Å². The van der Waals surface area contributed by atoms with E-state index in [1.54, 1.807) is 6.33 Å². The van der Waals surface area contributed by atoms with Crippen LogP contribution in [0.2, 0.25) is 0 Å². The highest BCUT2D eigenvalue weighted by atomic mass is 15.3. The molecule has 6 nitrogen and oxygen atoms in total. The van der Waals surface area contributed by atoms with E-state index < -0.39 is 0 Å². The molecule has 0 bridgehead atoms. The van der Waals surface area contributed by atoms with Gasteiger partial charge in [0.2, 0.25) is 0 Å². The standard InChI is InChI=1S/C19H22N6/c20-13-15-2-1-3-16(12-15)24-8-10-25(11-9-24)19-17-4-6-21-7-5-18(17)22-14-23-19/h1-3,12,14,21H,4-11H2. The number of anilines is 2. The molecular weight excluding hydrogens is 312 g/mol. The van der Waals surface area contributed by atoms with Gasteiger partial charge in [0.05, 0.1) is 17.3 Å². The Bertz CT molecular complexity index is 789. The van der Waals surface area contributed by atoms with E-state index in [0.29, 0.717) is 5.56 Å². The summed E-state index contributed by atoms with van der Waals surface area (Å²) in [5, 5.41) is 12.5. The molecule has 0 spiro atoms. The zero-order valence-electron chi connectivity index (χ0n) is 14.3. The molecule has 0 atom stereocenters. The van der Waals surface area contributed by atoms with Gasteiger partial charge in [-0.2, -0.15) is 5.26 Å². The fraction of sp³-hybridized carbons (Fsp3) is 0.421. The van der Waals surface area contributed by atoms with Crippen molar-refractivity contribution in [3.63, 3.8) is 0 Å². The van der Waals surface area contributed by atoms with Crippen LogP contribution in [0.25, 0.3) is 0 Å². The molecule has 1 saturated heterocycles. The zero-order valence-corrected chi connectivity index (χ0v) is 14.3. The second kappa shape index (κ2) is 7.08. The minimum atomic E-state index is 0.716. The van der Waals surface area contributed by atoms with Crippen LogP contribution in [0, 0.1) is 11.3 Å². The summed E-state index contributed by atoms with van der Waals surface area (Å²) in [6, 6.07) is 10.1. The molecule has 0 radical (unpaired) electrons. The number of nitriles is 1. The van der Waals surface area contributed by atoms with E-state index in [1.165, 1.54) is 11.3 Å². The number of fused-ring (bicyclic) bond motifs is 1. The lowest BCUT2D eigenvalue weighted by Gasteiger charge is -2.37. The maximum absolute atomic E-state index is 9.09. The van der Waals surface area contributed by atoms with Gasteiger partial charge in [-0.15, -0.1) is 0 Å². The molecule has 3 heterocycles. The molecule has 0 saturated carbocycles. The smallest absolute Gasteiger partial charge is 0.135 e. The van der Waals surface area contributed by atoms with Gasteiger partial charge < -0.3 is 15.1 Å². The van der Waals surface area contributed by atoms with Crippen molar-refractivity contribution in [1.29, 1.82) is 5.26 Å². The highest BCUT2D eigenvalue weighted by molar-refractivity contribution is 5.55. The van der Waals surface area contributed by atoms with Crippen LogP contribution >= 0.6 is 0 Å². The molecule has 4 rings (SSSR count). The minimum absolute atomic E-state index is 0.716. The number of aromatic nitrogens is 2. The molecule has 128 valence electrons. The van der Waals surface area contributed by atoms with E-state index in [2.05, 4.69) is 37.2 Å². The van der Waals surface area contributed by atoms with Gasteiger partial charge >= 0.3 is 0 Å². The van der Waals surface area contributed by atoms with Crippen molar-refractivity contribution in [1.82, 2.24) is 15.3 Å². The van der Waals surface area contributed by atoms with Crippen LogP contribution in [-0.2, 0) is 12.8 Å². The van der Waals surface area contributed by atoms with Gasteiger partial charge in [0.1, 0.15) is 12.1 Å². The molecule has 2 aliphatic rings. The first-order valence-electron chi connectivity index (χ1n) is 8.88. The molecule has 1 aromatic carbocycles. The van der Waals surface area contributed by atoms with Gasteiger partial charge in [0.15, 0.2) is 0 Å². The summed E-state index contributed by atoms with van der Waals surface area (Å²) in [7, 11) is 0. The van der Waals surface area contributed by atoms with Gasteiger partial charge in [-0.1, -0.05) is 6.07 Å². The van der Waals surface area contributed by atoms with Gasteiger partial charge in [-0.25, -0.2) is 9.97 Å². The van der Waals surface area contributed by atoms with Crippen LogP contribution in [0.15, 0.2) is 30.6 Å². The first-order chi connectivity index (χ1) is 12.3. The van der Waals surface area contributed by atoms with Crippen molar-refractivity contribution in [3.05, 3.63) is 47.4 Å². The minimum Gasteiger partial charge on any atom is -0.368 e. The Kier molecular flexibility index (Phi) is 4.49. The Morgan fingerprint density at radius 1 is 1.00 bits per heavy atom. The maximum Gasteiger partial charge on any atom is 0.135 e. The summed E-state index contributed by atoms with van der Waals surface area (Å²) in [4.78, 5) is 13.8. The largest absolute Gasteiger partial charge is 0.368 e. The molecule has 0 aliphatic carbocycles. The number of hydrogen-bond acceptors (Lipinski definition) is 6. The summed E-state index contributed by atoms with van der Waals surface area (Å²) in [5.74, 6) is 1.11. The highest BCUT2D eigenvalue weighted by Crippen LogP contribution is 2.25. The van der Waals surface area contributed by atoms with Crippen LogP contribution in [0.1, 0.15) is 16.8 Å². The third-order valence-corrected chi connectivity index (χ3v) is 5.02. The molecular formula is C19H22N6. The predicted molar refractivity (Wildman–Crippen MR) is 97.9 cm³/mol. The normalized spacial score (nSPS) is 17.6. The number of nitrogens with one attached hydrogen (secondary N) is 1. The van der Waals surface area contributed by atoms with Crippen molar-refractivity contribution in [2.24, 2.45) is 0 Å². The summed E-state index contributed by atoms with van der Waals surface area (Å²) in [6.07, 6.45) is 3.68. The molecule has 2 aliphatic heterocycles. The van der Waals surface area contributed by atoms with E-state index in [0.717, 1.165) is 63.6 Å².